The molecule has 1 saturated heterocycles. The number of nitrogen functional groups attached to an aromatic ring is 1. The van der Waals surface area contributed by atoms with Crippen LogP contribution in [0.5, 0.6) is 5.75 Å². The highest BCUT2D eigenvalue weighted by Gasteiger charge is 2.34. The third kappa shape index (κ3) is 4.51. The first-order chi connectivity index (χ1) is 15.3. The molecule has 0 amide bonds. The van der Waals surface area contributed by atoms with E-state index in [1.807, 2.05) is 12.3 Å². The molecule has 6 nitrogen and oxygen atoms in total. The SMILES string of the molecule is CC1C(c2cnc(N)c(O[C@@H](C)c3c(Cl)ccc(F)c3Cl)c2)C=NN1C1CCN(C)CC1. The van der Waals surface area contributed by atoms with Crippen LogP contribution in [-0.4, -0.2) is 53.3 Å². The molecular formula is C23H28Cl2FN5O. The number of likely N-dealkylation sites (tertiary alicyclic amines) is 1. The Morgan fingerprint density at radius 3 is 2.69 bits per heavy atom. The van der Waals surface area contributed by atoms with Crippen molar-refractivity contribution in [3.05, 3.63) is 51.4 Å². The minimum absolute atomic E-state index is 0.0574. The number of hydrogen-bond donors (Lipinski definition) is 1. The molecule has 4 rings (SSSR count). The van der Waals surface area contributed by atoms with Gasteiger partial charge in [-0.1, -0.05) is 23.2 Å². The van der Waals surface area contributed by atoms with Gasteiger partial charge in [0.1, 0.15) is 11.9 Å². The normalized spacial score (nSPS) is 23.0. The molecule has 0 radical (unpaired) electrons. The largest absolute Gasteiger partial charge is 0.482 e. The monoisotopic (exact) mass is 479 g/mol. The number of halogens is 3. The number of nitrogens with two attached hydrogens (primary N) is 1. The number of hydrogen-bond acceptors (Lipinski definition) is 6. The van der Waals surface area contributed by atoms with Crippen molar-refractivity contribution in [2.24, 2.45) is 5.10 Å². The van der Waals surface area contributed by atoms with E-state index in [-0.39, 0.29) is 22.8 Å². The number of nitrogens with zero attached hydrogens (tertiary/aromatic N) is 4. The van der Waals surface area contributed by atoms with Gasteiger partial charge >= 0.3 is 0 Å². The number of rotatable bonds is 5. The van der Waals surface area contributed by atoms with E-state index in [9.17, 15) is 4.39 Å². The lowest BCUT2D eigenvalue weighted by Gasteiger charge is -2.37. The van der Waals surface area contributed by atoms with Gasteiger partial charge in [0.15, 0.2) is 11.6 Å². The summed E-state index contributed by atoms with van der Waals surface area (Å²) in [7, 11) is 2.16. The van der Waals surface area contributed by atoms with Gasteiger partial charge < -0.3 is 15.4 Å². The van der Waals surface area contributed by atoms with Crippen molar-refractivity contribution in [1.29, 1.82) is 0 Å². The fourth-order valence-electron chi connectivity index (χ4n) is 4.51. The zero-order valence-electron chi connectivity index (χ0n) is 18.4. The van der Waals surface area contributed by atoms with E-state index < -0.39 is 11.9 Å². The number of aromatic nitrogens is 1. The predicted molar refractivity (Wildman–Crippen MR) is 127 cm³/mol. The molecule has 2 aliphatic heterocycles. The van der Waals surface area contributed by atoms with Crippen LogP contribution in [0.25, 0.3) is 0 Å². The highest BCUT2D eigenvalue weighted by atomic mass is 35.5. The lowest BCUT2D eigenvalue weighted by molar-refractivity contribution is 0.0998. The highest BCUT2D eigenvalue weighted by Crippen LogP contribution is 2.38. The molecule has 3 atom stereocenters. The van der Waals surface area contributed by atoms with Crippen molar-refractivity contribution < 1.29 is 9.13 Å². The van der Waals surface area contributed by atoms with Gasteiger partial charge in [0, 0.05) is 35.0 Å². The van der Waals surface area contributed by atoms with Crippen LogP contribution >= 0.6 is 23.2 Å². The van der Waals surface area contributed by atoms with Crippen LogP contribution in [0.4, 0.5) is 10.2 Å². The molecule has 1 fully saturated rings. The van der Waals surface area contributed by atoms with Gasteiger partial charge in [0.2, 0.25) is 0 Å². The maximum absolute atomic E-state index is 14.0. The number of anilines is 1. The number of benzene rings is 1. The average Bonchev–Trinajstić information content (AvgIpc) is 3.14. The van der Waals surface area contributed by atoms with Crippen LogP contribution in [0.1, 0.15) is 49.8 Å². The maximum Gasteiger partial charge on any atom is 0.166 e. The summed E-state index contributed by atoms with van der Waals surface area (Å²) in [6, 6.07) is 5.22. The molecule has 1 aromatic carbocycles. The number of hydrazone groups is 1. The standard InChI is InChI=1S/C23H28Cl2FN5O/c1-13-17(12-29-31(13)16-6-8-30(3)9-7-16)15-10-20(23(27)28-11-15)32-14(2)21-18(24)4-5-19(26)22(21)25/h4-5,10-14,16-17H,6-9H2,1-3H3,(H2,27,28)/t13?,14-,17?/m0/s1. The summed E-state index contributed by atoms with van der Waals surface area (Å²) < 4.78 is 20.0. The molecule has 0 bridgehead atoms. The van der Waals surface area contributed by atoms with Crippen LogP contribution in [0, 0.1) is 5.82 Å². The van der Waals surface area contributed by atoms with E-state index in [0.717, 1.165) is 31.5 Å². The Labute approximate surface area is 198 Å². The first-order valence-electron chi connectivity index (χ1n) is 10.8. The van der Waals surface area contributed by atoms with E-state index in [0.29, 0.717) is 22.4 Å². The van der Waals surface area contributed by atoms with Crippen molar-refractivity contribution in [3.8, 4) is 5.75 Å². The van der Waals surface area contributed by atoms with Gasteiger partial charge in [0.25, 0.3) is 0 Å². The number of pyridine rings is 1. The van der Waals surface area contributed by atoms with Crippen molar-refractivity contribution in [1.82, 2.24) is 14.9 Å². The highest BCUT2D eigenvalue weighted by molar-refractivity contribution is 6.36. The molecule has 0 spiro atoms. The summed E-state index contributed by atoms with van der Waals surface area (Å²) in [4.78, 5) is 6.69. The van der Waals surface area contributed by atoms with Crippen molar-refractivity contribution >= 4 is 35.2 Å². The second-order valence-electron chi connectivity index (χ2n) is 8.61. The van der Waals surface area contributed by atoms with E-state index >= 15 is 0 Å². The van der Waals surface area contributed by atoms with Gasteiger partial charge in [-0.2, -0.15) is 5.10 Å². The Kier molecular flexibility index (Phi) is 6.79. The Bertz CT molecular complexity index is 1010. The molecule has 172 valence electrons. The summed E-state index contributed by atoms with van der Waals surface area (Å²) in [5.41, 5.74) is 7.43. The molecule has 2 aliphatic rings. The van der Waals surface area contributed by atoms with Crippen LogP contribution in [0.15, 0.2) is 29.5 Å². The predicted octanol–water partition coefficient (Wildman–Crippen LogP) is 5.12. The van der Waals surface area contributed by atoms with E-state index in [2.05, 4.69) is 28.9 Å². The van der Waals surface area contributed by atoms with Crippen molar-refractivity contribution in [2.75, 3.05) is 25.9 Å². The fourth-order valence-corrected chi connectivity index (χ4v) is 5.18. The second kappa shape index (κ2) is 9.41. The molecule has 2 N–H and O–H groups in total. The lowest BCUT2D eigenvalue weighted by Crippen LogP contribution is -2.44. The average molecular weight is 480 g/mol. The van der Waals surface area contributed by atoms with Gasteiger partial charge in [0.05, 0.1) is 11.1 Å². The topological polar surface area (TPSA) is 67.0 Å². The molecule has 0 aliphatic carbocycles. The molecule has 0 saturated carbocycles. The minimum Gasteiger partial charge on any atom is -0.482 e. The van der Waals surface area contributed by atoms with Crippen molar-refractivity contribution in [3.63, 3.8) is 0 Å². The summed E-state index contributed by atoms with van der Waals surface area (Å²) in [5.74, 6) is 0.178. The summed E-state index contributed by atoms with van der Waals surface area (Å²) in [6.45, 7) is 6.10. The molecule has 32 heavy (non-hydrogen) atoms. The summed E-state index contributed by atoms with van der Waals surface area (Å²) in [5, 5.41) is 7.23. The second-order valence-corrected chi connectivity index (χ2v) is 9.40. The molecule has 2 aromatic rings. The van der Waals surface area contributed by atoms with Gasteiger partial charge in [-0.25, -0.2) is 9.37 Å². The van der Waals surface area contributed by atoms with Crippen LogP contribution in [0.3, 0.4) is 0 Å². The fraction of sp³-hybridized carbons (Fsp3) is 0.478. The van der Waals surface area contributed by atoms with Gasteiger partial charge in [-0.3, -0.25) is 5.01 Å². The Morgan fingerprint density at radius 2 is 1.97 bits per heavy atom. The zero-order valence-corrected chi connectivity index (χ0v) is 19.9. The van der Waals surface area contributed by atoms with Crippen LogP contribution < -0.4 is 10.5 Å². The van der Waals surface area contributed by atoms with E-state index in [1.54, 1.807) is 13.1 Å². The smallest absolute Gasteiger partial charge is 0.166 e. The molecule has 3 heterocycles. The lowest BCUT2D eigenvalue weighted by atomic mass is 9.93. The molecule has 2 unspecified atom stereocenters. The first kappa shape index (κ1) is 23.1. The number of piperidine rings is 1. The van der Waals surface area contributed by atoms with Gasteiger partial charge in [-0.15, -0.1) is 0 Å². The molecule has 9 heteroatoms. The maximum atomic E-state index is 14.0. The Balaban J connectivity index is 1.52. The quantitative estimate of drug-likeness (QED) is 0.602. The first-order valence-corrected chi connectivity index (χ1v) is 11.6. The van der Waals surface area contributed by atoms with E-state index in [1.165, 1.54) is 12.1 Å². The molecule has 1 aromatic heterocycles. The summed E-state index contributed by atoms with van der Waals surface area (Å²) >= 11 is 12.4. The van der Waals surface area contributed by atoms with Crippen LogP contribution in [0.2, 0.25) is 10.0 Å². The van der Waals surface area contributed by atoms with Crippen molar-refractivity contribution in [2.45, 2.75) is 50.8 Å². The third-order valence-electron chi connectivity index (χ3n) is 6.44. The Morgan fingerprint density at radius 1 is 1.25 bits per heavy atom. The third-order valence-corrected chi connectivity index (χ3v) is 7.15. The van der Waals surface area contributed by atoms with E-state index in [4.69, 9.17) is 38.8 Å². The number of ether oxygens (including phenoxy) is 1. The Hall–Kier alpha value is -2.09. The zero-order chi connectivity index (χ0) is 23.0. The molecular weight excluding hydrogens is 452 g/mol. The van der Waals surface area contributed by atoms with Crippen LogP contribution in [-0.2, 0) is 0 Å². The minimum atomic E-state index is -0.615. The van der Waals surface area contributed by atoms with Gasteiger partial charge in [-0.05, 0) is 70.6 Å². The summed E-state index contributed by atoms with van der Waals surface area (Å²) in [6.07, 6.45) is 5.33.